The van der Waals surface area contributed by atoms with Crippen LogP contribution in [-0.4, -0.2) is 21.9 Å². The molecule has 1 unspecified atom stereocenters. The molecule has 4 heteroatoms. The Bertz CT molecular complexity index is 722. The number of hydrogen-bond donors (Lipinski definition) is 4. The number of fused-ring (bicyclic) bond motifs is 1. The molecule has 0 amide bonds. The summed E-state index contributed by atoms with van der Waals surface area (Å²) in [5.41, 5.74) is 9.28. The van der Waals surface area contributed by atoms with Gasteiger partial charge in [-0.15, -0.1) is 0 Å². The number of rotatable bonds is 2. The lowest BCUT2D eigenvalue weighted by Crippen LogP contribution is -2.14. The van der Waals surface area contributed by atoms with Gasteiger partial charge in [0.2, 0.25) is 0 Å². The number of allylic oxidation sites excluding steroid dienone is 1. The lowest BCUT2D eigenvalue weighted by molar-refractivity contribution is 0.398. The molecule has 4 nitrogen and oxygen atoms in total. The Balaban J connectivity index is 2.10. The van der Waals surface area contributed by atoms with Crippen molar-refractivity contribution in [3.63, 3.8) is 0 Å². The van der Waals surface area contributed by atoms with Gasteiger partial charge in [-0.2, -0.15) is 0 Å². The van der Waals surface area contributed by atoms with E-state index in [2.05, 4.69) is 6.08 Å². The predicted octanol–water partition coefficient (Wildman–Crippen LogP) is 2.49. The highest BCUT2D eigenvalue weighted by Gasteiger charge is 2.24. The third-order valence-corrected chi connectivity index (χ3v) is 3.95. The Morgan fingerprint density at radius 3 is 2.62 bits per heavy atom. The van der Waals surface area contributed by atoms with E-state index in [1.54, 1.807) is 24.3 Å². The van der Waals surface area contributed by atoms with Crippen LogP contribution < -0.4 is 5.73 Å². The van der Waals surface area contributed by atoms with E-state index in [-0.39, 0.29) is 23.2 Å². The standard InChI is InChI=1S/C17H17NO3/c18-9-12-6-11(10-2-1-3-13(19)7-10)8-15-14(12)4-5-16(20)17(15)21/h1-7,11,19-21H,8-9,18H2. The van der Waals surface area contributed by atoms with Gasteiger partial charge in [0.1, 0.15) is 5.75 Å². The van der Waals surface area contributed by atoms with Crippen molar-refractivity contribution in [1.82, 2.24) is 0 Å². The van der Waals surface area contributed by atoms with E-state index < -0.39 is 0 Å². The second kappa shape index (κ2) is 5.14. The zero-order valence-corrected chi connectivity index (χ0v) is 11.5. The molecule has 0 spiro atoms. The number of benzene rings is 2. The average Bonchev–Trinajstić information content (AvgIpc) is 2.50. The molecule has 0 aliphatic heterocycles. The molecule has 0 aromatic heterocycles. The first-order valence-electron chi connectivity index (χ1n) is 6.84. The van der Waals surface area contributed by atoms with Crippen molar-refractivity contribution in [2.75, 3.05) is 6.54 Å². The Kier molecular flexibility index (Phi) is 3.31. The fourth-order valence-corrected chi connectivity index (χ4v) is 2.89. The van der Waals surface area contributed by atoms with Crippen LogP contribution in [0, 0.1) is 0 Å². The van der Waals surface area contributed by atoms with Crippen molar-refractivity contribution < 1.29 is 15.3 Å². The van der Waals surface area contributed by atoms with E-state index in [1.165, 1.54) is 6.07 Å². The molecule has 2 aromatic carbocycles. The molecule has 108 valence electrons. The van der Waals surface area contributed by atoms with E-state index >= 15 is 0 Å². The summed E-state index contributed by atoms with van der Waals surface area (Å²) in [6.45, 7) is 0.354. The molecule has 1 aliphatic carbocycles. The van der Waals surface area contributed by atoms with Crippen LogP contribution in [0.15, 0.2) is 42.5 Å². The van der Waals surface area contributed by atoms with E-state index in [0.29, 0.717) is 18.5 Å². The molecule has 21 heavy (non-hydrogen) atoms. The van der Waals surface area contributed by atoms with Crippen molar-refractivity contribution in [2.24, 2.45) is 5.73 Å². The third kappa shape index (κ3) is 2.34. The van der Waals surface area contributed by atoms with Crippen molar-refractivity contribution in [2.45, 2.75) is 12.3 Å². The summed E-state index contributed by atoms with van der Waals surface area (Å²) >= 11 is 0. The molecule has 0 heterocycles. The van der Waals surface area contributed by atoms with Crippen LogP contribution in [0.3, 0.4) is 0 Å². The highest BCUT2D eigenvalue weighted by molar-refractivity contribution is 5.76. The van der Waals surface area contributed by atoms with Gasteiger partial charge in [0.05, 0.1) is 0 Å². The highest BCUT2D eigenvalue weighted by atomic mass is 16.3. The van der Waals surface area contributed by atoms with Gasteiger partial charge in [-0.3, -0.25) is 0 Å². The number of aromatic hydroxyl groups is 3. The van der Waals surface area contributed by atoms with Gasteiger partial charge < -0.3 is 21.1 Å². The Morgan fingerprint density at radius 2 is 1.90 bits per heavy atom. The molecule has 0 bridgehead atoms. The molecule has 0 radical (unpaired) electrons. The number of phenolic OH excluding ortho intramolecular Hbond substituents is 3. The minimum atomic E-state index is -0.123. The normalized spacial score (nSPS) is 17.2. The minimum absolute atomic E-state index is 0.0100. The summed E-state index contributed by atoms with van der Waals surface area (Å²) in [5, 5.41) is 29.4. The summed E-state index contributed by atoms with van der Waals surface area (Å²) in [7, 11) is 0. The van der Waals surface area contributed by atoms with Gasteiger partial charge >= 0.3 is 0 Å². The van der Waals surface area contributed by atoms with E-state index in [9.17, 15) is 15.3 Å². The third-order valence-electron chi connectivity index (χ3n) is 3.95. The van der Waals surface area contributed by atoms with Crippen LogP contribution >= 0.6 is 0 Å². The second-order valence-corrected chi connectivity index (χ2v) is 5.26. The first-order chi connectivity index (χ1) is 10.1. The maximum atomic E-state index is 10.1. The molecule has 1 aliphatic rings. The zero-order chi connectivity index (χ0) is 15.0. The van der Waals surface area contributed by atoms with Crippen LogP contribution in [0.25, 0.3) is 5.57 Å². The minimum Gasteiger partial charge on any atom is -0.508 e. The van der Waals surface area contributed by atoms with Crippen molar-refractivity contribution in [3.05, 3.63) is 59.2 Å². The smallest absolute Gasteiger partial charge is 0.161 e. The molecule has 0 fully saturated rings. The topological polar surface area (TPSA) is 86.7 Å². The zero-order valence-electron chi connectivity index (χ0n) is 11.5. The summed E-state index contributed by atoms with van der Waals surface area (Å²) in [5.74, 6) is 0.00959. The number of hydrogen-bond acceptors (Lipinski definition) is 4. The lowest BCUT2D eigenvalue weighted by atomic mass is 9.80. The van der Waals surface area contributed by atoms with Gasteiger partial charge in [0.25, 0.3) is 0 Å². The van der Waals surface area contributed by atoms with Gasteiger partial charge in [0, 0.05) is 18.0 Å². The predicted molar refractivity (Wildman–Crippen MR) is 81.4 cm³/mol. The summed E-state index contributed by atoms with van der Waals surface area (Å²) in [4.78, 5) is 0. The number of phenols is 3. The first kappa shape index (κ1) is 13.5. The molecule has 3 rings (SSSR count). The summed E-state index contributed by atoms with van der Waals surface area (Å²) in [6, 6.07) is 10.3. The van der Waals surface area contributed by atoms with Crippen LogP contribution in [0.4, 0.5) is 0 Å². The van der Waals surface area contributed by atoms with Crippen molar-refractivity contribution in [3.8, 4) is 17.2 Å². The molecule has 5 N–H and O–H groups in total. The summed E-state index contributed by atoms with van der Waals surface area (Å²) in [6.07, 6.45) is 2.62. The van der Waals surface area contributed by atoms with Gasteiger partial charge in [0.15, 0.2) is 11.5 Å². The molecule has 0 saturated carbocycles. The molecular weight excluding hydrogens is 266 g/mol. The first-order valence-corrected chi connectivity index (χ1v) is 6.84. The maximum Gasteiger partial charge on any atom is 0.161 e. The van der Waals surface area contributed by atoms with Crippen LogP contribution in [0.5, 0.6) is 17.2 Å². The van der Waals surface area contributed by atoms with Crippen LogP contribution in [0.2, 0.25) is 0 Å². The molecule has 0 saturated heterocycles. The lowest BCUT2D eigenvalue weighted by Gasteiger charge is -2.25. The Morgan fingerprint density at radius 1 is 1.10 bits per heavy atom. The average molecular weight is 283 g/mol. The number of nitrogens with two attached hydrogens (primary N) is 1. The van der Waals surface area contributed by atoms with Gasteiger partial charge in [-0.05, 0) is 41.3 Å². The largest absolute Gasteiger partial charge is 0.508 e. The Labute approximate surface area is 122 Å². The molecule has 2 aromatic rings. The molecule has 1 atom stereocenters. The fraction of sp³-hybridized carbons (Fsp3) is 0.176. The SMILES string of the molecule is NCC1=CC(c2cccc(O)c2)Cc2c1ccc(O)c2O. The summed E-state index contributed by atoms with van der Waals surface area (Å²) < 4.78 is 0. The second-order valence-electron chi connectivity index (χ2n) is 5.26. The van der Waals surface area contributed by atoms with Crippen LogP contribution in [0.1, 0.15) is 22.6 Å². The van der Waals surface area contributed by atoms with Crippen molar-refractivity contribution >= 4 is 5.57 Å². The monoisotopic (exact) mass is 283 g/mol. The van der Waals surface area contributed by atoms with Crippen LogP contribution in [-0.2, 0) is 6.42 Å². The quantitative estimate of drug-likeness (QED) is 0.638. The Hall–Kier alpha value is -2.46. The van der Waals surface area contributed by atoms with E-state index in [4.69, 9.17) is 5.73 Å². The molecular formula is C17H17NO3. The maximum absolute atomic E-state index is 10.1. The van der Waals surface area contributed by atoms with Gasteiger partial charge in [-0.25, -0.2) is 0 Å². The van der Waals surface area contributed by atoms with Crippen molar-refractivity contribution in [1.29, 1.82) is 0 Å². The van der Waals surface area contributed by atoms with E-state index in [0.717, 1.165) is 16.7 Å². The highest BCUT2D eigenvalue weighted by Crippen LogP contribution is 2.42. The van der Waals surface area contributed by atoms with Gasteiger partial charge in [-0.1, -0.05) is 24.3 Å². The fourth-order valence-electron chi connectivity index (χ4n) is 2.89. The van der Waals surface area contributed by atoms with E-state index in [1.807, 2.05) is 6.07 Å².